The Morgan fingerprint density at radius 3 is 2.46 bits per heavy atom. The summed E-state index contributed by atoms with van der Waals surface area (Å²) in [6, 6.07) is 14.2. The van der Waals surface area contributed by atoms with Gasteiger partial charge in [-0.2, -0.15) is 0 Å². The third kappa shape index (κ3) is 5.26. The first-order valence-electron chi connectivity index (χ1n) is 9.66. The highest BCUT2D eigenvalue weighted by Gasteiger charge is 2.21. The van der Waals surface area contributed by atoms with Gasteiger partial charge in [-0.1, -0.05) is 55.1 Å². The highest BCUT2D eigenvalue weighted by Crippen LogP contribution is 2.25. The van der Waals surface area contributed by atoms with Crippen LogP contribution in [0.4, 0.5) is 5.69 Å². The number of halogens is 1. The molecule has 0 aromatic heterocycles. The van der Waals surface area contributed by atoms with E-state index in [1.165, 1.54) is 6.42 Å². The molecule has 28 heavy (non-hydrogen) atoms. The number of anilines is 1. The van der Waals surface area contributed by atoms with E-state index < -0.39 is 6.10 Å². The number of hydrogen-bond acceptors (Lipinski definition) is 3. The lowest BCUT2D eigenvalue weighted by atomic mass is 9.95. The lowest BCUT2D eigenvalue weighted by Crippen LogP contribution is -2.37. The summed E-state index contributed by atoms with van der Waals surface area (Å²) in [6.07, 6.45) is 4.74. The number of hydrogen-bond donors (Lipinski definition) is 2. The number of nitrogens with one attached hydrogen (secondary N) is 2. The van der Waals surface area contributed by atoms with Crippen LogP contribution in [-0.4, -0.2) is 24.0 Å². The number of benzene rings is 2. The van der Waals surface area contributed by atoms with Gasteiger partial charge in [-0.05, 0) is 44.0 Å². The smallest absolute Gasteiger partial charge is 0.265 e. The van der Waals surface area contributed by atoms with E-state index >= 15 is 0 Å². The minimum atomic E-state index is -0.769. The molecule has 5 nitrogen and oxygen atoms in total. The Labute approximate surface area is 170 Å². The molecule has 2 aromatic carbocycles. The van der Waals surface area contributed by atoms with Crippen molar-refractivity contribution in [1.29, 1.82) is 0 Å². The van der Waals surface area contributed by atoms with Gasteiger partial charge in [0.15, 0.2) is 6.10 Å². The van der Waals surface area contributed by atoms with E-state index in [1.54, 1.807) is 55.5 Å². The van der Waals surface area contributed by atoms with Gasteiger partial charge in [0.05, 0.1) is 16.3 Å². The van der Waals surface area contributed by atoms with Gasteiger partial charge in [-0.25, -0.2) is 0 Å². The van der Waals surface area contributed by atoms with Crippen molar-refractivity contribution >= 4 is 29.1 Å². The second-order valence-electron chi connectivity index (χ2n) is 7.03. The van der Waals surface area contributed by atoms with Crippen LogP contribution >= 0.6 is 11.6 Å². The van der Waals surface area contributed by atoms with Gasteiger partial charge in [0.25, 0.3) is 11.8 Å². The summed E-state index contributed by atoms with van der Waals surface area (Å²) in [5.41, 5.74) is 0.918. The highest BCUT2D eigenvalue weighted by molar-refractivity contribution is 6.32. The van der Waals surface area contributed by atoms with Crippen molar-refractivity contribution in [3.63, 3.8) is 0 Å². The van der Waals surface area contributed by atoms with Gasteiger partial charge in [0.2, 0.25) is 0 Å². The van der Waals surface area contributed by atoms with Gasteiger partial charge in [-0.3, -0.25) is 9.59 Å². The Bertz CT molecular complexity index is 834. The van der Waals surface area contributed by atoms with Crippen LogP contribution in [-0.2, 0) is 4.79 Å². The largest absolute Gasteiger partial charge is 0.479 e. The lowest BCUT2D eigenvalue weighted by molar-refractivity contribution is -0.122. The molecule has 1 aliphatic rings. The molecule has 2 amide bonds. The molecule has 2 aromatic rings. The number of rotatable bonds is 6. The summed E-state index contributed by atoms with van der Waals surface area (Å²) in [4.78, 5) is 25.3. The molecule has 0 saturated heterocycles. The van der Waals surface area contributed by atoms with Gasteiger partial charge in [-0.15, -0.1) is 0 Å². The molecule has 1 aliphatic carbocycles. The number of ether oxygens (including phenoxy) is 1. The third-order valence-electron chi connectivity index (χ3n) is 4.88. The van der Waals surface area contributed by atoms with Crippen LogP contribution in [0.1, 0.15) is 49.4 Å². The molecule has 0 spiro atoms. The number of carbonyl (C=O) groups is 2. The van der Waals surface area contributed by atoms with E-state index in [2.05, 4.69) is 10.6 Å². The van der Waals surface area contributed by atoms with E-state index in [4.69, 9.17) is 16.3 Å². The Balaban J connectivity index is 1.65. The highest BCUT2D eigenvalue weighted by atomic mass is 35.5. The summed E-state index contributed by atoms with van der Waals surface area (Å²) in [5, 5.41) is 6.33. The van der Waals surface area contributed by atoms with Crippen LogP contribution in [0.5, 0.6) is 5.75 Å². The predicted molar refractivity (Wildman–Crippen MR) is 111 cm³/mol. The molecular weight excluding hydrogens is 376 g/mol. The van der Waals surface area contributed by atoms with Crippen molar-refractivity contribution in [2.75, 3.05) is 5.32 Å². The summed E-state index contributed by atoms with van der Waals surface area (Å²) in [6.45, 7) is 1.64. The van der Waals surface area contributed by atoms with E-state index in [1.807, 2.05) is 0 Å². The molecule has 1 saturated carbocycles. The normalized spacial score (nSPS) is 15.5. The minimum absolute atomic E-state index is 0.164. The number of carbonyl (C=O) groups excluding carboxylic acids is 2. The predicted octanol–water partition coefficient (Wildman–Crippen LogP) is 4.81. The van der Waals surface area contributed by atoms with Crippen molar-refractivity contribution in [2.24, 2.45) is 0 Å². The van der Waals surface area contributed by atoms with Gasteiger partial charge in [0, 0.05) is 6.04 Å². The monoisotopic (exact) mass is 400 g/mol. The topological polar surface area (TPSA) is 67.4 Å². The summed E-state index contributed by atoms with van der Waals surface area (Å²) in [5.74, 6) is -0.0737. The fraction of sp³-hybridized carbons (Fsp3) is 0.364. The number of amides is 2. The average molecular weight is 401 g/mol. The zero-order valence-corrected chi connectivity index (χ0v) is 16.7. The standard InChI is InChI=1S/C22H25ClN2O3/c1-15(28-20-14-8-6-12-18(20)23)21(26)25-19-13-7-5-11-17(19)22(27)24-16-9-3-2-4-10-16/h5-8,11-16H,2-4,9-10H2,1H3,(H,24,27)(H,25,26). The van der Waals surface area contributed by atoms with Crippen LogP contribution in [0.25, 0.3) is 0 Å². The first kappa shape index (κ1) is 20.2. The minimum Gasteiger partial charge on any atom is -0.479 e. The SMILES string of the molecule is CC(Oc1ccccc1Cl)C(=O)Nc1ccccc1C(=O)NC1CCCCC1. The fourth-order valence-corrected chi connectivity index (χ4v) is 3.50. The van der Waals surface area contributed by atoms with Gasteiger partial charge in [0.1, 0.15) is 5.75 Å². The Morgan fingerprint density at radius 2 is 1.71 bits per heavy atom. The molecule has 3 rings (SSSR count). The van der Waals surface area contributed by atoms with Gasteiger partial charge < -0.3 is 15.4 Å². The summed E-state index contributed by atoms with van der Waals surface area (Å²) >= 11 is 6.08. The molecular formula is C22H25ClN2O3. The molecule has 0 aliphatic heterocycles. The Morgan fingerprint density at radius 1 is 1.04 bits per heavy atom. The van der Waals surface area contributed by atoms with Crippen molar-refractivity contribution in [2.45, 2.75) is 51.2 Å². The third-order valence-corrected chi connectivity index (χ3v) is 5.19. The van der Waals surface area contributed by atoms with E-state index in [0.29, 0.717) is 22.0 Å². The quantitative estimate of drug-likeness (QED) is 0.731. The maximum Gasteiger partial charge on any atom is 0.265 e. The van der Waals surface area contributed by atoms with Crippen LogP contribution < -0.4 is 15.4 Å². The molecule has 6 heteroatoms. The van der Waals surface area contributed by atoms with Crippen molar-refractivity contribution < 1.29 is 14.3 Å². The second-order valence-corrected chi connectivity index (χ2v) is 7.44. The summed E-state index contributed by atoms with van der Waals surface area (Å²) < 4.78 is 5.66. The van der Waals surface area contributed by atoms with Gasteiger partial charge >= 0.3 is 0 Å². The molecule has 148 valence electrons. The maximum absolute atomic E-state index is 12.7. The zero-order valence-electron chi connectivity index (χ0n) is 15.9. The van der Waals surface area contributed by atoms with E-state index in [9.17, 15) is 9.59 Å². The average Bonchev–Trinajstić information content (AvgIpc) is 2.70. The van der Waals surface area contributed by atoms with E-state index in [0.717, 1.165) is 25.7 Å². The molecule has 0 radical (unpaired) electrons. The van der Waals surface area contributed by atoms with Crippen LogP contribution in [0, 0.1) is 0 Å². The first-order chi connectivity index (χ1) is 13.5. The molecule has 0 heterocycles. The molecule has 1 atom stereocenters. The van der Waals surface area contributed by atoms with Crippen LogP contribution in [0.15, 0.2) is 48.5 Å². The maximum atomic E-state index is 12.7. The van der Waals surface area contributed by atoms with Crippen LogP contribution in [0.3, 0.4) is 0 Å². The van der Waals surface area contributed by atoms with Crippen molar-refractivity contribution in [3.05, 3.63) is 59.1 Å². The summed E-state index contributed by atoms with van der Waals surface area (Å²) in [7, 11) is 0. The fourth-order valence-electron chi connectivity index (χ4n) is 3.32. The van der Waals surface area contributed by atoms with Crippen molar-refractivity contribution in [3.8, 4) is 5.75 Å². The van der Waals surface area contributed by atoms with Crippen molar-refractivity contribution in [1.82, 2.24) is 5.32 Å². The second kappa shape index (κ2) is 9.60. The molecule has 0 bridgehead atoms. The zero-order chi connectivity index (χ0) is 19.9. The Hall–Kier alpha value is -2.53. The Kier molecular flexibility index (Phi) is 6.93. The lowest BCUT2D eigenvalue weighted by Gasteiger charge is -2.23. The molecule has 1 fully saturated rings. The van der Waals surface area contributed by atoms with Crippen LogP contribution in [0.2, 0.25) is 5.02 Å². The van der Waals surface area contributed by atoms with E-state index in [-0.39, 0.29) is 17.9 Å². The molecule has 2 N–H and O–H groups in total. The molecule has 1 unspecified atom stereocenters. The number of para-hydroxylation sites is 2. The first-order valence-corrected chi connectivity index (χ1v) is 10.0.